The minimum absolute atomic E-state index is 0.0663. The molecule has 0 atom stereocenters. The molecule has 0 saturated carbocycles. The smallest absolute Gasteiger partial charge is 0.348 e. The molecule has 3 rings (SSSR count). The summed E-state index contributed by atoms with van der Waals surface area (Å²) in [6.45, 7) is -0.462. The van der Waals surface area contributed by atoms with Gasteiger partial charge in [-0.25, -0.2) is 12.8 Å². The minimum Gasteiger partial charge on any atom is -0.348 e. The predicted molar refractivity (Wildman–Crippen MR) is 106 cm³/mol. The predicted octanol–water partition coefficient (Wildman–Crippen LogP) is 4.58. The van der Waals surface area contributed by atoms with Gasteiger partial charge >= 0.3 is 6.18 Å². The van der Waals surface area contributed by atoms with Gasteiger partial charge < -0.3 is 5.32 Å². The molecule has 3 aromatic carbocycles. The summed E-state index contributed by atoms with van der Waals surface area (Å²) in [5.74, 6) is -1.70. The second kappa shape index (κ2) is 8.76. The largest absolute Gasteiger partial charge is 0.416 e. The highest BCUT2D eigenvalue weighted by molar-refractivity contribution is 7.92. The highest BCUT2D eigenvalue weighted by atomic mass is 32.2. The number of anilines is 1. The fourth-order valence-corrected chi connectivity index (χ4v) is 3.83. The molecule has 0 fully saturated rings. The van der Waals surface area contributed by atoms with E-state index in [0.717, 1.165) is 12.1 Å². The number of benzene rings is 3. The molecule has 0 aliphatic rings. The molecular weight excluding hydrogens is 436 g/mol. The van der Waals surface area contributed by atoms with Gasteiger partial charge in [-0.15, -0.1) is 0 Å². The molecule has 3 aromatic rings. The van der Waals surface area contributed by atoms with Gasteiger partial charge in [-0.2, -0.15) is 13.2 Å². The van der Waals surface area contributed by atoms with E-state index >= 15 is 0 Å². The second-order valence-electron chi connectivity index (χ2n) is 6.48. The second-order valence-corrected chi connectivity index (χ2v) is 8.16. The molecule has 10 heteroatoms. The number of hydrogen-bond donors (Lipinski definition) is 2. The molecular formula is C21H16F4N2O3S. The zero-order chi connectivity index (χ0) is 22.6. The number of alkyl halides is 3. The maximum absolute atomic E-state index is 13.2. The van der Waals surface area contributed by atoms with E-state index in [0.29, 0.717) is 6.07 Å². The SMILES string of the molecule is O=C(NCc1ccc(F)cc1C(F)(F)F)c1ccc(NS(=O)(=O)c2ccccc2)cc1. The molecule has 0 aliphatic carbocycles. The Morgan fingerprint density at radius 3 is 2.16 bits per heavy atom. The van der Waals surface area contributed by atoms with Crippen molar-refractivity contribution in [1.82, 2.24) is 5.32 Å². The van der Waals surface area contributed by atoms with Gasteiger partial charge in [-0.05, 0) is 54.1 Å². The van der Waals surface area contributed by atoms with Crippen molar-refractivity contribution < 1.29 is 30.8 Å². The first kappa shape index (κ1) is 22.3. The number of nitrogens with one attached hydrogen (secondary N) is 2. The third kappa shape index (κ3) is 5.60. The summed E-state index contributed by atoms with van der Waals surface area (Å²) in [6, 6.07) is 15.3. The zero-order valence-corrected chi connectivity index (χ0v) is 16.6. The number of hydrogen-bond acceptors (Lipinski definition) is 3. The van der Waals surface area contributed by atoms with Crippen LogP contribution >= 0.6 is 0 Å². The van der Waals surface area contributed by atoms with Crippen LogP contribution in [0.2, 0.25) is 0 Å². The highest BCUT2D eigenvalue weighted by Gasteiger charge is 2.33. The molecule has 162 valence electrons. The summed E-state index contributed by atoms with van der Waals surface area (Å²) in [5, 5.41) is 2.34. The van der Waals surface area contributed by atoms with Crippen LogP contribution in [0.5, 0.6) is 0 Å². The fourth-order valence-electron chi connectivity index (χ4n) is 2.75. The summed E-state index contributed by atoms with van der Waals surface area (Å²) in [5.41, 5.74) is -1.13. The van der Waals surface area contributed by atoms with Crippen LogP contribution in [0.3, 0.4) is 0 Å². The Morgan fingerprint density at radius 1 is 0.903 bits per heavy atom. The standard InChI is InChI=1S/C21H16F4N2O3S/c22-16-9-6-15(19(12-16)21(23,24)25)13-26-20(28)14-7-10-17(11-8-14)27-31(29,30)18-4-2-1-3-5-18/h1-12,27H,13H2,(H,26,28). The third-order valence-electron chi connectivity index (χ3n) is 4.27. The molecule has 2 N–H and O–H groups in total. The average molecular weight is 452 g/mol. The molecule has 31 heavy (non-hydrogen) atoms. The van der Waals surface area contributed by atoms with Crippen molar-refractivity contribution in [3.8, 4) is 0 Å². The van der Waals surface area contributed by atoms with Crippen LogP contribution in [0.15, 0.2) is 77.7 Å². The van der Waals surface area contributed by atoms with Gasteiger partial charge in [0.05, 0.1) is 10.5 Å². The van der Waals surface area contributed by atoms with Crippen LogP contribution in [-0.4, -0.2) is 14.3 Å². The number of carbonyl (C=O) groups excluding carboxylic acids is 1. The van der Waals surface area contributed by atoms with Gasteiger partial charge in [0.15, 0.2) is 0 Å². The lowest BCUT2D eigenvalue weighted by molar-refractivity contribution is -0.138. The first-order chi connectivity index (χ1) is 14.6. The Kier molecular flexibility index (Phi) is 6.30. The van der Waals surface area contributed by atoms with Crippen LogP contribution in [0, 0.1) is 5.82 Å². The average Bonchev–Trinajstić information content (AvgIpc) is 2.73. The van der Waals surface area contributed by atoms with Crippen molar-refractivity contribution in [2.24, 2.45) is 0 Å². The van der Waals surface area contributed by atoms with Crippen LogP contribution < -0.4 is 10.0 Å². The summed E-state index contributed by atoms with van der Waals surface area (Å²) in [7, 11) is -3.80. The number of amides is 1. The van der Waals surface area contributed by atoms with Gasteiger partial charge in [-0.1, -0.05) is 24.3 Å². The van der Waals surface area contributed by atoms with Crippen LogP contribution in [-0.2, 0) is 22.7 Å². The highest BCUT2D eigenvalue weighted by Crippen LogP contribution is 2.32. The molecule has 5 nitrogen and oxygen atoms in total. The fraction of sp³-hybridized carbons (Fsp3) is 0.0952. The van der Waals surface area contributed by atoms with Gasteiger partial charge in [-0.3, -0.25) is 9.52 Å². The molecule has 0 radical (unpaired) electrons. The Hall–Kier alpha value is -3.40. The van der Waals surface area contributed by atoms with E-state index in [1.54, 1.807) is 18.2 Å². The van der Waals surface area contributed by atoms with E-state index in [9.17, 15) is 30.8 Å². The van der Waals surface area contributed by atoms with Crippen molar-refractivity contribution in [1.29, 1.82) is 0 Å². The number of sulfonamides is 1. The molecule has 0 aliphatic heterocycles. The topological polar surface area (TPSA) is 75.3 Å². The lowest BCUT2D eigenvalue weighted by Gasteiger charge is -2.14. The first-order valence-electron chi connectivity index (χ1n) is 8.88. The van der Waals surface area contributed by atoms with E-state index in [-0.39, 0.29) is 21.7 Å². The molecule has 0 spiro atoms. The van der Waals surface area contributed by atoms with Gasteiger partial charge in [0.1, 0.15) is 5.82 Å². The Labute approximate surface area is 175 Å². The molecule has 1 amide bonds. The molecule has 0 saturated heterocycles. The Bertz CT molecular complexity index is 1180. The molecule has 0 unspecified atom stereocenters. The first-order valence-corrected chi connectivity index (χ1v) is 10.4. The van der Waals surface area contributed by atoms with Crippen LogP contribution in [0.25, 0.3) is 0 Å². The lowest BCUT2D eigenvalue weighted by Crippen LogP contribution is -2.24. The number of carbonyl (C=O) groups is 1. The Morgan fingerprint density at radius 2 is 1.55 bits per heavy atom. The van der Waals surface area contributed by atoms with Crippen molar-refractivity contribution >= 4 is 21.6 Å². The van der Waals surface area contributed by atoms with Crippen LogP contribution in [0.1, 0.15) is 21.5 Å². The van der Waals surface area contributed by atoms with E-state index in [4.69, 9.17) is 0 Å². The zero-order valence-electron chi connectivity index (χ0n) is 15.8. The molecule has 0 heterocycles. The maximum Gasteiger partial charge on any atom is 0.416 e. The normalized spacial score (nSPS) is 11.7. The van der Waals surface area contributed by atoms with Crippen LogP contribution in [0.4, 0.5) is 23.2 Å². The summed E-state index contributed by atoms with van der Waals surface area (Å²) in [6.07, 6.45) is -4.76. The quantitative estimate of drug-likeness (QED) is 0.538. The van der Waals surface area contributed by atoms with E-state index in [1.165, 1.54) is 36.4 Å². The summed E-state index contributed by atoms with van der Waals surface area (Å²) < 4.78 is 79.3. The van der Waals surface area contributed by atoms with E-state index < -0.39 is 40.0 Å². The van der Waals surface area contributed by atoms with Gasteiger partial charge in [0.25, 0.3) is 15.9 Å². The molecule has 0 aromatic heterocycles. The minimum atomic E-state index is -4.76. The van der Waals surface area contributed by atoms with E-state index in [1.807, 2.05) is 0 Å². The van der Waals surface area contributed by atoms with Gasteiger partial charge in [0.2, 0.25) is 0 Å². The van der Waals surface area contributed by atoms with Crippen molar-refractivity contribution in [3.63, 3.8) is 0 Å². The summed E-state index contributed by atoms with van der Waals surface area (Å²) >= 11 is 0. The van der Waals surface area contributed by atoms with Crippen molar-refractivity contribution in [2.45, 2.75) is 17.6 Å². The Balaban J connectivity index is 1.68. The van der Waals surface area contributed by atoms with Crippen molar-refractivity contribution in [3.05, 3.63) is 95.3 Å². The monoisotopic (exact) mass is 452 g/mol. The third-order valence-corrected chi connectivity index (χ3v) is 5.67. The van der Waals surface area contributed by atoms with Crippen molar-refractivity contribution in [2.75, 3.05) is 4.72 Å². The maximum atomic E-state index is 13.2. The summed E-state index contributed by atoms with van der Waals surface area (Å²) in [4.78, 5) is 12.3. The van der Waals surface area contributed by atoms with Gasteiger partial charge in [0, 0.05) is 17.8 Å². The van der Waals surface area contributed by atoms with E-state index in [2.05, 4.69) is 10.0 Å². The number of rotatable bonds is 6. The molecule has 0 bridgehead atoms. The lowest BCUT2D eigenvalue weighted by atomic mass is 10.1. The number of halogens is 4.